The number of rotatable bonds is 6. The number of nitrogens with one attached hydrogen (secondary N) is 1. The van der Waals surface area contributed by atoms with Gasteiger partial charge in [-0.1, -0.05) is 37.3 Å². The van der Waals surface area contributed by atoms with E-state index in [0.717, 1.165) is 29.3 Å². The number of para-hydroxylation sites is 1. The van der Waals surface area contributed by atoms with Crippen LogP contribution in [0.4, 0.5) is 0 Å². The fraction of sp³-hybridized carbons (Fsp3) is 0.364. The molecule has 1 aromatic heterocycles. The Bertz CT molecular complexity index is 1070. The number of aliphatic hydroxyl groups excluding tert-OH is 1. The molecule has 1 saturated heterocycles. The van der Waals surface area contributed by atoms with Gasteiger partial charge in [-0.25, -0.2) is 8.42 Å². The number of piperidine rings is 1. The van der Waals surface area contributed by atoms with E-state index in [-0.39, 0.29) is 0 Å². The summed E-state index contributed by atoms with van der Waals surface area (Å²) < 4.78 is 29.0. The molecule has 4 rings (SSSR count). The van der Waals surface area contributed by atoms with Crippen molar-refractivity contribution in [2.45, 2.75) is 37.6 Å². The topological polar surface area (TPSA) is 74.6 Å². The van der Waals surface area contributed by atoms with E-state index in [4.69, 9.17) is 0 Å². The van der Waals surface area contributed by atoms with Gasteiger partial charge in [0.25, 0.3) is 0 Å². The number of sulfonamides is 1. The minimum atomic E-state index is -3.43. The minimum absolute atomic E-state index is 0.327. The van der Waals surface area contributed by atoms with Gasteiger partial charge in [-0.15, -0.1) is 0 Å². The number of hydrogen-bond acceptors (Lipinski definition) is 4. The van der Waals surface area contributed by atoms with Gasteiger partial charge in [0.15, 0.2) is 6.35 Å². The molecule has 1 fully saturated rings. The van der Waals surface area contributed by atoms with Crippen LogP contribution in [0.15, 0.2) is 65.7 Å². The highest BCUT2D eigenvalue weighted by atomic mass is 32.2. The summed E-state index contributed by atoms with van der Waals surface area (Å²) in [6.45, 7) is 3.76. The molecule has 2 aromatic carbocycles. The molecule has 1 atom stereocenters. The lowest BCUT2D eigenvalue weighted by Crippen LogP contribution is -2.37. The molecule has 0 spiro atoms. The van der Waals surface area contributed by atoms with Gasteiger partial charge in [0.2, 0.25) is 10.0 Å². The molecule has 0 radical (unpaired) electrons. The van der Waals surface area contributed by atoms with Gasteiger partial charge in [-0.2, -0.15) is 4.31 Å². The third-order valence-corrected chi connectivity index (χ3v) is 7.60. The Hall–Kier alpha value is -2.19. The largest absolute Gasteiger partial charge is 0.361 e. The van der Waals surface area contributed by atoms with Crippen molar-refractivity contribution in [2.24, 2.45) is 5.92 Å². The predicted molar refractivity (Wildman–Crippen MR) is 114 cm³/mol. The van der Waals surface area contributed by atoms with Gasteiger partial charge in [0.05, 0.1) is 10.4 Å². The highest BCUT2D eigenvalue weighted by Crippen LogP contribution is 2.24. The second kappa shape index (κ2) is 8.28. The molecule has 0 aliphatic carbocycles. The van der Waals surface area contributed by atoms with Crippen LogP contribution in [0.25, 0.3) is 10.9 Å². The van der Waals surface area contributed by atoms with Crippen LogP contribution in [0.3, 0.4) is 0 Å². The first kappa shape index (κ1) is 20.1. The SMILES string of the molecule is CC1CCN(S(=O)(=O)c2ccc(CNC(O)n3ccc4ccccc43)cc2)CC1. The van der Waals surface area contributed by atoms with E-state index < -0.39 is 16.4 Å². The molecular weight excluding hydrogens is 386 g/mol. The average Bonchev–Trinajstić information content (AvgIpc) is 3.17. The van der Waals surface area contributed by atoms with Crippen LogP contribution in [0.5, 0.6) is 0 Å². The maximum absolute atomic E-state index is 12.8. The summed E-state index contributed by atoms with van der Waals surface area (Å²) in [6.07, 6.45) is 2.80. The van der Waals surface area contributed by atoms with Gasteiger partial charge in [0, 0.05) is 25.8 Å². The molecular formula is C22H27N3O3S. The Labute approximate surface area is 171 Å². The fourth-order valence-corrected chi connectivity index (χ4v) is 5.25. The molecule has 6 nitrogen and oxygen atoms in total. The highest BCUT2D eigenvalue weighted by molar-refractivity contribution is 7.89. The summed E-state index contributed by atoms with van der Waals surface area (Å²) in [5, 5.41) is 14.6. The monoisotopic (exact) mass is 413 g/mol. The van der Waals surface area contributed by atoms with E-state index in [2.05, 4.69) is 12.2 Å². The molecule has 0 bridgehead atoms. The molecule has 2 heterocycles. The van der Waals surface area contributed by atoms with Crippen LogP contribution in [-0.2, 0) is 16.6 Å². The molecule has 154 valence electrons. The lowest BCUT2D eigenvalue weighted by Gasteiger charge is -2.29. The Morgan fingerprint density at radius 1 is 1.07 bits per heavy atom. The normalized spacial score (nSPS) is 17.6. The van der Waals surface area contributed by atoms with Gasteiger partial charge >= 0.3 is 0 Å². The van der Waals surface area contributed by atoms with Crippen LogP contribution in [0.1, 0.15) is 31.7 Å². The van der Waals surface area contributed by atoms with E-state index in [1.54, 1.807) is 33.1 Å². The Balaban J connectivity index is 1.40. The second-order valence-electron chi connectivity index (χ2n) is 7.77. The molecule has 7 heteroatoms. The average molecular weight is 414 g/mol. The third-order valence-electron chi connectivity index (χ3n) is 5.69. The first-order valence-corrected chi connectivity index (χ1v) is 11.5. The van der Waals surface area contributed by atoms with Crippen LogP contribution in [0.2, 0.25) is 0 Å². The number of aromatic nitrogens is 1. The molecule has 2 N–H and O–H groups in total. The smallest absolute Gasteiger partial charge is 0.243 e. The first-order valence-electron chi connectivity index (χ1n) is 10.0. The maximum Gasteiger partial charge on any atom is 0.243 e. The Kier molecular flexibility index (Phi) is 5.74. The summed E-state index contributed by atoms with van der Waals surface area (Å²) in [6, 6.07) is 16.7. The lowest BCUT2D eigenvalue weighted by molar-refractivity contribution is 0.0701. The van der Waals surface area contributed by atoms with Crippen molar-refractivity contribution in [1.82, 2.24) is 14.2 Å². The highest BCUT2D eigenvalue weighted by Gasteiger charge is 2.27. The molecule has 1 aliphatic rings. The quantitative estimate of drug-likeness (QED) is 0.608. The van der Waals surface area contributed by atoms with Crippen LogP contribution < -0.4 is 5.32 Å². The third kappa shape index (κ3) is 4.23. The molecule has 1 unspecified atom stereocenters. The number of nitrogens with zero attached hydrogens (tertiary/aromatic N) is 2. The summed E-state index contributed by atoms with van der Waals surface area (Å²) >= 11 is 0. The predicted octanol–water partition coefficient (Wildman–Crippen LogP) is 3.30. The van der Waals surface area contributed by atoms with E-state index >= 15 is 0 Å². The molecule has 29 heavy (non-hydrogen) atoms. The van der Waals surface area contributed by atoms with Gasteiger partial charge < -0.3 is 9.67 Å². The summed E-state index contributed by atoms with van der Waals surface area (Å²) in [5.74, 6) is 0.582. The standard InChI is InChI=1S/C22H27N3O3S/c1-17-10-13-24(14-11-17)29(27,28)20-8-6-18(7-9-20)16-23-22(26)25-15-12-19-4-2-3-5-21(19)25/h2-9,12,15,17,22-23,26H,10-11,13-14,16H2,1H3. The lowest BCUT2D eigenvalue weighted by atomic mass is 10.0. The van der Waals surface area contributed by atoms with Gasteiger partial charge in [-0.05, 0) is 54.0 Å². The Morgan fingerprint density at radius 3 is 2.48 bits per heavy atom. The van der Waals surface area contributed by atoms with E-state index in [1.165, 1.54) is 0 Å². The summed E-state index contributed by atoms with van der Waals surface area (Å²) in [4.78, 5) is 0.327. The van der Waals surface area contributed by atoms with E-state index in [1.807, 2.05) is 36.5 Å². The number of hydrogen-bond donors (Lipinski definition) is 2. The zero-order valence-electron chi connectivity index (χ0n) is 16.5. The first-order chi connectivity index (χ1) is 13.9. The van der Waals surface area contributed by atoms with Crippen molar-refractivity contribution < 1.29 is 13.5 Å². The molecule has 1 aliphatic heterocycles. The number of benzene rings is 2. The van der Waals surface area contributed by atoms with Crippen molar-refractivity contribution >= 4 is 20.9 Å². The van der Waals surface area contributed by atoms with Crippen LogP contribution >= 0.6 is 0 Å². The summed E-state index contributed by atoms with van der Waals surface area (Å²) in [5.41, 5.74) is 1.86. The second-order valence-corrected chi connectivity index (χ2v) is 9.70. The summed E-state index contributed by atoms with van der Waals surface area (Å²) in [7, 11) is -3.43. The van der Waals surface area contributed by atoms with Crippen molar-refractivity contribution in [3.63, 3.8) is 0 Å². The minimum Gasteiger partial charge on any atom is -0.361 e. The molecule has 0 amide bonds. The van der Waals surface area contributed by atoms with E-state index in [0.29, 0.717) is 30.4 Å². The molecule has 3 aromatic rings. The van der Waals surface area contributed by atoms with Crippen LogP contribution in [0, 0.1) is 5.92 Å². The fourth-order valence-electron chi connectivity index (χ4n) is 3.78. The zero-order chi connectivity index (χ0) is 20.4. The van der Waals surface area contributed by atoms with Gasteiger partial charge in [0.1, 0.15) is 0 Å². The van der Waals surface area contributed by atoms with Crippen molar-refractivity contribution in [3.05, 3.63) is 66.4 Å². The number of aliphatic hydroxyl groups is 1. The van der Waals surface area contributed by atoms with Crippen molar-refractivity contribution in [3.8, 4) is 0 Å². The van der Waals surface area contributed by atoms with Crippen molar-refractivity contribution in [1.29, 1.82) is 0 Å². The molecule has 0 saturated carbocycles. The maximum atomic E-state index is 12.8. The zero-order valence-corrected chi connectivity index (χ0v) is 17.3. The van der Waals surface area contributed by atoms with Crippen LogP contribution in [-0.4, -0.2) is 35.5 Å². The number of fused-ring (bicyclic) bond motifs is 1. The van der Waals surface area contributed by atoms with Gasteiger partial charge in [-0.3, -0.25) is 5.32 Å². The Morgan fingerprint density at radius 2 is 1.76 bits per heavy atom. The van der Waals surface area contributed by atoms with E-state index in [9.17, 15) is 13.5 Å². The van der Waals surface area contributed by atoms with Crippen molar-refractivity contribution in [2.75, 3.05) is 13.1 Å².